The zero-order chi connectivity index (χ0) is 21.8. The van der Waals surface area contributed by atoms with Gasteiger partial charge in [0.2, 0.25) is 5.91 Å². The van der Waals surface area contributed by atoms with Crippen molar-refractivity contribution >= 4 is 5.91 Å². The molecule has 6 nitrogen and oxygen atoms in total. The van der Waals surface area contributed by atoms with Gasteiger partial charge >= 0.3 is 6.18 Å². The van der Waals surface area contributed by atoms with Crippen LogP contribution in [0.1, 0.15) is 11.1 Å². The smallest absolute Gasteiger partial charge is 0.352 e. The number of rotatable bonds is 6. The van der Waals surface area contributed by atoms with Gasteiger partial charge in [-0.3, -0.25) is 9.69 Å². The summed E-state index contributed by atoms with van der Waals surface area (Å²) in [5.41, 5.74) is 2.52. The van der Waals surface area contributed by atoms with Crippen molar-refractivity contribution in [3.05, 3.63) is 78.4 Å². The topological polar surface area (TPSA) is 63.1 Å². The molecule has 1 aliphatic heterocycles. The Morgan fingerprint density at radius 3 is 2.42 bits per heavy atom. The van der Waals surface area contributed by atoms with Crippen molar-refractivity contribution in [1.29, 1.82) is 0 Å². The van der Waals surface area contributed by atoms with Gasteiger partial charge in [0.15, 0.2) is 0 Å². The summed E-state index contributed by atoms with van der Waals surface area (Å²) in [6.45, 7) is 0.455. The number of aromatic nitrogens is 3. The Labute approximate surface area is 177 Å². The molecule has 0 bridgehead atoms. The molecule has 4 rings (SSSR count). The molecule has 3 aromatic rings. The van der Waals surface area contributed by atoms with Gasteiger partial charge in [-0.25, -0.2) is 9.67 Å². The molecule has 1 N–H and O–H groups in total. The van der Waals surface area contributed by atoms with E-state index in [4.69, 9.17) is 0 Å². The number of alkyl halides is 3. The molecule has 0 radical (unpaired) electrons. The highest BCUT2D eigenvalue weighted by atomic mass is 19.4. The van der Waals surface area contributed by atoms with E-state index in [0.717, 1.165) is 16.8 Å². The van der Waals surface area contributed by atoms with E-state index in [1.165, 1.54) is 6.33 Å². The third-order valence-electron chi connectivity index (χ3n) is 5.49. The van der Waals surface area contributed by atoms with Crippen molar-refractivity contribution in [2.24, 2.45) is 11.8 Å². The molecule has 1 amide bonds. The average molecular weight is 429 g/mol. The fourth-order valence-corrected chi connectivity index (χ4v) is 3.88. The maximum absolute atomic E-state index is 13.6. The second-order valence-corrected chi connectivity index (χ2v) is 7.66. The minimum Gasteiger partial charge on any atom is -0.352 e. The van der Waals surface area contributed by atoms with Crippen LogP contribution in [0.5, 0.6) is 0 Å². The standard InChI is InChI=1S/C22H22F3N5O/c23-22(24,25)20-13-29(11-17-4-2-1-3-5-17)12-19(20)21(31)27-10-16-6-8-18(9-7-16)30-15-26-14-28-30/h1-9,14-15,19-20H,10-13H2,(H,27,31)/t19-,20-/m0/s1. The number of carbonyl (C=O) groups is 1. The van der Waals surface area contributed by atoms with Gasteiger partial charge in [-0.1, -0.05) is 42.5 Å². The summed E-state index contributed by atoms with van der Waals surface area (Å²) in [6.07, 6.45) is -1.43. The molecular weight excluding hydrogens is 407 g/mol. The summed E-state index contributed by atoms with van der Waals surface area (Å²) in [6, 6.07) is 16.5. The van der Waals surface area contributed by atoms with E-state index >= 15 is 0 Å². The van der Waals surface area contributed by atoms with E-state index in [0.29, 0.717) is 6.54 Å². The second-order valence-electron chi connectivity index (χ2n) is 7.66. The van der Waals surface area contributed by atoms with E-state index in [-0.39, 0.29) is 19.6 Å². The quantitative estimate of drug-likeness (QED) is 0.654. The maximum atomic E-state index is 13.6. The van der Waals surface area contributed by atoms with E-state index in [2.05, 4.69) is 15.4 Å². The van der Waals surface area contributed by atoms with Crippen molar-refractivity contribution in [2.45, 2.75) is 19.3 Å². The monoisotopic (exact) mass is 429 g/mol. The molecule has 1 fully saturated rings. The molecule has 0 unspecified atom stereocenters. The van der Waals surface area contributed by atoms with Crippen LogP contribution in [0.15, 0.2) is 67.3 Å². The van der Waals surface area contributed by atoms with Gasteiger partial charge in [0.05, 0.1) is 17.5 Å². The number of carbonyl (C=O) groups excluding carboxylic acids is 1. The number of nitrogens with one attached hydrogen (secondary N) is 1. The molecule has 2 aromatic carbocycles. The SMILES string of the molecule is O=C(NCc1ccc(-n2cncn2)cc1)[C@H]1CN(Cc2ccccc2)C[C@@H]1C(F)(F)F. The lowest BCUT2D eigenvalue weighted by Crippen LogP contribution is -2.39. The van der Waals surface area contributed by atoms with Crippen molar-refractivity contribution in [1.82, 2.24) is 25.0 Å². The van der Waals surface area contributed by atoms with Gasteiger partial charge in [-0.15, -0.1) is 0 Å². The first-order valence-electron chi connectivity index (χ1n) is 9.95. The predicted molar refractivity (Wildman–Crippen MR) is 108 cm³/mol. The molecular formula is C22H22F3N5O. The lowest BCUT2D eigenvalue weighted by Gasteiger charge is -2.20. The van der Waals surface area contributed by atoms with Gasteiger partial charge < -0.3 is 5.32 Å². The Bertz CT molecular complexity index is 990. The van der Waals surface area contributed by atoms with Crippen LogP contribution in [-0.2, 0) is 17.9 Å². The molecule has 2 heterocycles. The molecule has 0 aliphatic carbocycles. The van der Waals surface area contributed by atoms with Gasteiger partial charge in [-0.05, 0) is 23.3 Å². The summed E-state index contributed by atoms with van der Waals surface area (Å²) >= 11 is 0. The first-order chi connectivity index (χ1) is 14.9. The fraction of sp³-hybridized carbons (Fsp3) is 0.318. The first-order valence-corrected chi connectivity index (χ1v) is 9.95. The Morgan fingerprint density at radius 2 is 1.77 bits per heavy atom. The van der Waals surface area contributed by atoms with E-state index < -0.39 is 23.9 Å². The Morgan fingerprint density at radius 1 is 1.03 bits per heavy atom. The number of halogens is 3. The summed E-state index contributed by atoms with van der Waals surface area (Å²) in [4.78, 5) is 18.2. The van der Waals surface area contributed by atoms with Crippen LogP contribution in [0, 0.1) is 11.8 Å². The van der Waals surface area contributed by atoms with Crippen LogP contribution in [-0.4, -0.2) is 44.8 Å². The molecule has 1 aliphatic rings. The highest BCUT2D eigenvalue weighted by Gasteiger charge is 2.52. The van der Waals surface area contributed by atoms with Crippen LogP contribution >= 0.6 is 0 Å². The minimum atomic E-state index is -4.42. The summed E-state index contributed by atoms with van der Waals surface area (Å²) in [5.74, 6) is -3.37. The minimum absolute atomic E-state index is 0.0795. The summed E-state index contributed by atoms with van der Waals surface area (Å²) < 4.78 is 42.4. The van der Waals surface area contributed by atoms with E-state index in [9.17, 15) is 18.0 Å². The molecule has 1 saturated heterocycles. The maximum Gasteiger partial charge on any atom is 0.393 e. The van der Waals surface area contributed by atoms with Crippen molar-refractivity contribution < 1.29 is 18.0 Å². The van der Waals surface area contributed by atoms with Crippen LogP contribution in [0.4, 0.5) is 13.2 Å². The Hall–Kier alpha value is -3.20. The number of likely N-dealkylation sites (tertiary alicyclic amines) is 1. The lowest BCUT2D eigenvalue weighted by atomic mass is 9.94. The van der Waals surface area contributed by atoms with Gasteiger partial charge in [0, 0.05) is 26.2 Å². The largest absolute Gasteiger partial charge is 0.393 e. The third-order valence-corrected chi connectivity index (χ3v) is 5.49. The first kappa shape index (κ1) is 21.0. The zero-order valence-corrected chi connectivity index (χ0v) is 16.7. The zero-order valence-electron chi connectivity index (χ0n) is 16.7. The van der Waals surface area contributed by atoms with Crippen LogP contribution in [0.25, 0.3) is 5.69 Å². The van der Waals surface area contributed by atoms with Crippen molar-refractivity contribution in [3.63, 3.8) is 0 Å². The number of hydrogen-bond donors (Lipinski definition) is 1. The molecule has 9 heteroatoms. The average Bonchev–Trinajstić information content (AvgIpc) is 3.43. The lowest BCUT2D eigenvalue weighted by molar-refractivity contribution is -0.183. The van der Waals surface area contributed by atoms with Crippen LogP contribution < -0.4 is 5.32 Å². The van der Waals surface area contributed by atoms with Gasteiger partial charge in [0.25, 0.3) is 0 Å². The Balaban J connectivity index is 1.38. The summed E-state index contributed by atoms with van der Waals surface area (Å²) in [5, 5.41) is 6.72. The van der Waals surface area contributed by atoms with Crippen molar-refractivity contribution in [2.75, 3.05) is 13.1 Å². The highest BCUT2D eigenvalue weighted by Crippen LogP contribution is 2.38. The molecule has 31 heavy (non-hydrogen) atoms. The predicted octanol–water partition coefficient (Wildman–Crippen LogP) is 3.19. The summed E-state index contributed by atoms with van der Waals surface area (Å²) in [7, 11) is 0. The molecule has 2 atom stereocenters. The van der Waals surface area contributed by atoms with E-state index in [1.54, 1.807) is 28.0 Å². The molecule has 1 aromatic heterocycles. The Kier molecular flexibility index (Phi) is 6.03. The van der Waals surface area contributed by atoms with E-state index in [1.807, 2.05) is 42.5 Å². The van der Waals surface area contributed by atoms with Gasteiger partial charge in [0.1, 0.15) is 12.7 Å². The van der Waals surface area contributed by atoms with Crippen molar-refractivity contribution in [3.8, 4) is 5.69 Å². The fourth-order valence-electron chi connectivity index (χ4n) is 3.88. The number of hydrogen-bond acceptors (Lipinski definition) is 4. The number of nitrogens with zero attached hydrogens (tertiary/aromatic N) is 4. The second kappa shape index (κ2) is 8.89. The van der Waals surface area contributed by atoms with Crippen LogP contribution in [0.3, 0.4) is 0 Å². The molecule has 0 spiro atoms. The molecule has 162 valence electrons. The van der Waals surface area contributed by atoms with Gasteiger partial charge in [-0.2, -0.15) is 18.3 Å². The number of amides is 1. The highest BCUT2D eigenvalue weighted by molar-refractivity contribution is 5.79. The molecule has 0 saturated carbocycles. The normalized spacial score (nSPS) is 19.5. The number of benzene rings is 2. The third kappa shape index (κ3) is 5.11. The van der Waals surface area contributed by atoms with Crippen LogP contribution in [0.2, 0.25) is 0 Å².